The first-order chi connectivity index (χ1) is 9.62. The molecule has 2 rings (SSSR count). The molecule has 0 amide bonds. The lowest BCUT2D eigenvalue weighted by atomic mass is 10.0. The summed E-state index contributed by atoms with van der Waals surface area (Å²) in [6, 6.07) is 6.34. The number of methoxy groups -OCH3 is 1. The van der Waals surface area contributed by atoms with E-state index in [0.717, 1.165) is 22.5 Å². The molecular formula is C14H17BrIN3O. The van der Waals surface area contributed by atoms with Crippen molar-refractivity contribution in [3.05, 3.63) is 43.7 Å². The number of hydrogen-bond donors (Lipinski definition) is 1. The zero-order valence-corrected chi connectivity index (χ0v) is 15.4. The number of hydrogen-bond acceptors (Lipinski definition) is 3. The van der Waals surface area contributed by atoms with Crippen LogP contribution in [0.25, 0.3) is 0 Å². The van der Waals surface area contributed by atoms with Crippen molar-refractivity contribution in [1.29, 1.82) is 0 Å². The van der Waals surface area contributed by atoms with Gasteiger partial charge in [-0.3, -0.25) is 4.68 Å². The Morgan fingerprint density at radius 1 is 1.50 bits per heavy atom. The van der Waals surface area contributed by atoms with E-state index >= 15 is 0 Å². The van der Waals surface area contributed by atoms with Crippen molar-refractivity contribution < 1.29 is 4.74 Å². The highest BCUT2D eigenvalue weighted by Gasteiger charge is 2.23. The fraction of sp³-hybridized carbons (Fsp3) is 0.357. The van der Waals surface area contributed by atoms with E-state index in [1.54, 1.807) is 13.3 Å². The number of halogens is 2. The summed E-state index contributed by atoms with van der Waals surface area (Å²) in [5.41, 5.74) is 2.22. The maximum Gasteiger partial charge on any atom is 0.161 e. The lowest BCUT2D eigenvalue weighted by Gasteiger charge is -2.21. The average Bonchev–Trinajstić information content (AvgIpc) is 2.86. The summed E-state index contributed by atoms with van der Waals surface area (Å²) in [6.07, 6.45) is 1.77. The molecule has 0 bridgehead atoms. The van der Waals surface area contributed by atoms with Crippen LogP contribution in [0.2, 0.25) is 0 Å². The third-order valence-corrected chi connectivity index (χ3v) is 4.59. The van der Waals surface area contributed by atoms with Crippen LogP contribution < -0.4 is 10.1 Å². The average molecular weight is 450 g/mol. The smallest absolute Gasteiger partial charge is 0.161 e. The molecule has 0 spiro atoms. The molecule has 1 unspecified atom stereocenters. The Bertz CT molecular complexity index is 579. The summed E-state index contributed by atoms with van der Waals surface area (Å²) < 4.78 is 9.70. The van der Waals surface area contributed by atoms with E-state index in [-0.39, 0.29) is 6.04 Å². The summed E-state index contributed by atoms with van der Waals surface area (Å²) in [7, 11) is 3.63. The first-order valence-electron chi connectivity index (χ1n) is 6.34. The first-order valence-corrected chi connectivity index (χ1v) is 8.21. The Morgan fingerprint density at radius 2 is 2.25 bits per heavy atom. The van der Waals surface area contributed by atoms with Crippen molar-refractivity contribution in [1.82, 2.24) is 15.1 Å². The number of nitrogens with one attached hydrogen (secondary N) is 1. The standard InChI is InChI=1S/C14H17BrIN3O/c1-4-19-14(12(20-3)8-18-19)13(17-2)10-7-9(16)5-6-11(10)15/h5-8,13,17H,4H2,1-3H3. The van der Waals surface area contributed by atoms with Crippen molar-refractivity contribution in [2.75, 3.05) is 14.2 Å². The van der Waals surface area contributed by atoms with Gasteiger partial charge in [-0.15, -0.1) is 0 Å². The molecule has 0 saturated carbocycles. The lowest BCUT2D eigenvalue weighted by Crippen LogP contribution is -2.22. The molecule has 2 aromatic rings. The molecular weight excluding hydrogens is 433 g/mol. The second-order valence-electron chi connectivity index (χ2n) is 4.30. The van der Waals surface area contributed by atoms with E-state index in [9.17, 15) is 0 Å². The van der Waals surface area contributed by atoms with E-state index < -0.39 is 0 Å². The van der Waals surface area contributed by atoms with Crippen molar-refractivity contribution >= 4 is 38.5 Å². The fourth-order valence-corrected chi connectivity index (χ4v) is 3.24. The Kier molecular flexibility index (Phi) is 5.45. The lowest BCUT2D eigenvalue weighted by molar-refractivity contribution is 0.401. The topological polar surface area (TPSA) is 39.1 Å². The molecule has 6 heteroatoms. The molecule has 1 atom stereocenters. The van der Waals surface area contributed by atoms with Crippen LogP contribution in [0.5, 0.6) is 5.75 Å². The van der Waals surface area contributed by atoms with Crippen LogP contribution in [0, 0.1) is 3.57 Å². The summed E-state index contributed by atoms with van der Waals surface area (Å²) >= 11 is 5.96. The highest BCUT2D eigenvalue weighted by atomic mass is 127. The fourth-order valence-electron chi connectivity index (χ4n) is 2.25. The Hall–Kier alpha value is -0.600. The molecule has 1 heterocycles. The molecule has 20 heavy (non-hydrogen) atoms. The van der Waals surface area contributed by atoms with Crippen molar-refractivity contribution in [2.45, 2.75) is 19.5 Å². The van der Waals surface area contributed by atoms with Gasteiger partial charge in [0, 0.05) is 14.6 Å². The number of aryl methyl sites for hydroxylation is 1. The Balaban J connectivity index is 2.57. The molecule has 1 aromatic carbocycles. The zero-order chi connectivity index (χ0) is 14.7. The zero-order valence-electron chi connectivity index (χ0n) is 11.7. The first kappa shape index (κ1) is 15.8. The third-order valence-electron chi connectivity index (χ3n) is 3.20. The van der Waals surface area contributed by atoms with Gasteiger partial charge >= 0.3 is 0 Å². The molecule has 1 aromatic heterocycles. The van der Waals surface area contributed by atoms with E-state index in [0.29, 0.717) is 0 Å². The van der Waals surface area contributed by atoms with Gasteiger partial charge < -0.3 is 10.1 Å². The maximum atomic E-state index is 5.46. The summed E-state index contributed by atoms with van der Waals surface area (Å²) in [5.74, 6) is 0.803. The monoisotopic (exact) mass is 449 g/mol. The minimum absolute atomic E-state index is 0.0245. The van der Waals surface area contributed by atoms with Crippen molar-refractivity contribution in [2.24, 2.45) is 0 Å². The van der Waals surface area contributed by atoms with Crippen LogP contribution in [-0.2, 0) is 6.54 Å². The summed E-state index contributed by atoms with van der Waals surface area (Å²) in [4.78, 5) is 0. The molecule has 0 saturated heterocycles. The molecule has 0 aliphatic carbocycles. The van der Waals surface area contributed by atoms with Gasteiger partial charge in [0.15, 0.2) is 5.75 Å². The SMILES string of the molecule is CCn1ncc(OC)c1C(NC)c1cc(I)ccc1Br. The number of aromatic nitrogens is 2. The highest BCUT2D eigenvalue weighted by Crippen LogP contribution is 2.34. The van der Waals surface area contributed by atoms with E-state index in [1.165, 1.54) is 9.13 Å². The number of rotatable bonds is 5. The second kappa shape index (κ2) is 6.91. The number of nitrogens with zero attached hydrogens (tertiary/aromatic N) is 2. The van der Waals surface area contributed by atoms with E-state index in [4.69, 9.17) is 4.74 Å². The van der Waals surface area contributed by atoms with Gasteiger partial charge in [-0.05, 0) is 60.3 Å². The Labute approximate surface area is 141 Å². The van der Waals surface area contributed by atoms with Crippen LogP contribution in [0.3, 0.4) is 0 Å². The minimum Gasteiger partial charge on any atom is -0.493 e. The summed E-state index contributed by atoms with van der Waals surface area (Å²) in [6.45, 7) is 2.88. The second-order valence-corrected chi connectivity index (χ2v) is 6.40. The van der Waals surface area contributed by atoms with Gasteiger partial charge in [0.2, 0.25) is 0 Å². The Morgan fingerprint density at radius 3 is 2.85 bits per heavy atom. The highest BCUT2D eigenvalue weighted by molar-refractivity contribution is 14.1. The van der Waals surface area contributed by atoms with Gasteiger partial charge in [-0.1, -0.05) is 15.9 Å². The molecule has 108 valence electrons. The van der Waals surface area contributed by atoms with Gasteiger partial charge in [-0.25, -0.2) is 0 Å². The number of benzene rings is 1. The normalized spacial score (nSPS) is 12.4. The van der Waals surface area contributed by atoms with Crippen molar-refractivity contribution in [3.63, 3.8) is 0 Å². The molecule has 0 aliphatic rings. The van der Waals surface area contributed by atoms with Crippen LogP contribution >= 0.6 is 38.5 Å². The van der Waals surface area contributed by atoms with Gasteiger partial charge in [-0.2, -0.15) is 5.10 Å². The van der Waals surface area contributed by atoms with E-state index in [1.807, 2.05) is 11.7 Å². The van der Waals surface area contributed by atoms with Gasteiger partial charge in [0.05, 0.1) is 19.3 Å². The molecule has 4 nitrogen and oxygen atoms in total. The molecule has 0 radical (unpaired) electrons. The minimum atomic E-state index is 0.0245. The molecule has 1 N–H and O–H groups in total. The van der Waals surface area contributed by atoms with Crippen LogP contribution in [0.4, 0.5) is 0 Å². The predicted molar refractivity (Wildman–Crippen MR) is 92.2 cm³/mol. The van der Waals surface area contributed by atoms with Crippen LogP contribution in [0.1, 0.15) is 24.2 Å². The van der Waals surface area contributed by atoms with Crippen LogP contribution in [-0.4, -0.2) is 23.9 Å². The predicted octanol–water partition coefficient (Wildman–Crippen LogP) is 3.59. The third kappa shape index (κ3) is 3.01. The summed E-state index contributed by atoms with van der Waals surface area (Å²) in [5, 5.41) is 7.75. The molecule has 0 aliphatic heterocycles. The van der Waals surface area contributed by atoms with Crippen molar-refractivity contribution in [3.8, 4) is 5.75 Å². The van der Waals surface area contributed by atoms with Crippen LogP contribution in [0.15, 0.2) is 28.9 Å². The molecule has 0 fully saturated rings. The maximum absolute atomic E-state index is 5.46. The van der Waals surface area contributed by atoms with E-state index in [2.05, 4.69) is 74.1 Å². The largest absolute Gasteiger partial charge is 0.493 e. The van der Waals surface area contributed by atoms with Gasteiger partial charge in [0.1, 0.15) is 5.69 Å². The number of ether oxygens (including phenoxy) is 1. The quantitative estimate of drug-likeness (QED) is 0.709. The van der Waals surface area contributed by atoms with Gasteiger partial charge in [0.25, 0.3) is 0 Å².